The number of aromatic nitrogens is 3. The summed E-state index contributed by atoms with van der Waals surface area (Å²) in [6, 6.07) is 9.74. The first-order valence-corrected chi connectivity index (χ1v) is 8.67. The standard InChI is InChI=1S/C19H19FN6O/c20-15-3-1-14(2-4-15)17-16(13-5-7-22-8-6-13)18(24-23-17)25-9-11-26(12-10-25)19(21)27/h1-8H,9-12H2,(H2,21,27)(H,23,24). The number of pyridine rings is 1. The highest BCUT2D eigenvalue weighted by Crippen LogP contribution is 2.38. The van der Waals surface area contributed by atoms with Gasteiger partial charge >= 0.3 is 6.03 Å². The van der Waals surface area contributed by atoms with Gasteiger partial charge in [-0.05, 0) is 42.0 Å². The predicted molar refractivity (Wildman–Crippen MR) is 101 cm³/mol. The average molecular weight is 366 g/mol. The molecule has 8 heteroatoms. The lowest BCUT2D eigenvalue weighted by atomic mass is 10.0. The Hall–Kier alpha value is -3.42. The molecule has 0 spiro atoms. The predicted octanol–water partition coefficient (Wildman–Crippen LogP) is 2.48. The highest BCUT2D eigenvalue weighted by molar-refractivity contribution is 5.89. The van der Waals surface area contributed by atoms with E-state index in [1.165, 1.54) is 12.1 Å². The number of hydrogen-bond acceptors (Lipinski definition) is 4. The molecule has 2 aromatic heterocycles. The van der Waals surface area contributed by atoms with Gasteiger partial charge in [-0.2, -0.15) is 5.10 Å². The number of piperazine rings is 1. The van der Waals surface area contributed by atoms with Gasteiger partial charge in [0, 0.05) is 44.1 Å². The molecule has 3 heterocycles. The van der Waals surface area contributed by atoms with Gasteiger partial charge in [0.1, 0.15) is 5.82 Å². The Morgan fingerprint density at radius 3 is 2.30 bits per heavy atom. The highest BCUT2D eigenvalue weighted by Gasteiger charge is 2.25. The second-order valence-electron chi connectivity index (χ2n) is 6.35. The van der Waals surface area contributed by atoms with Crippen molar-refractivity contribution in [3.63, 3.8) is 0 Å². The van der Waals surface area contributed by atoms with Crippen LogP contribution in [0.1, 0.15) is 0 Å². The van der Waals surface area contributed by atoms with Crippen LogP contribution in [0, 0.1) is 5.82 Å². The minimum Gasteiger partial charge on any atom is -0.351 e. The van der Waals surface area contributed by atoms with Crippen LogP contribution in [0.2, 0.25) is 0 Å². The van der Waals surface area contributed by atoms with Crippen LogP contribution in [0.3, 0.4) is 0 Å². The lowest BCUT2D eigenvalue weighted by molar-refractivity contribution is 0.204. The summed E-state index contributed by atoms with van der Waals surface area (Å²) in [5.74, 6) is 0.510. The number of nitrogens with zero attached hydrogens (tertiary/aromatic N) is 4. The number of nitrogens with two attached hydrogens (primary N) is 1. The fourth-order valence-electron chi connectivity index (χ4n) is 3.32. The van der Waals surface area contributed by atoms with E-state index in [-0.39, 0.29) is 5.82 Å². The van der Waals surface area contributed by atoms with E-state index in [9.17, 15) is 9.18 Å². The largest absolute Gasteiger partial charge is 0.351 e. The number of halogens is 1. The number of primary amides is 1. The SMILES string of the molecule is NC(=O)N1CCN(c2n[nH]c(-c3ccc(F)cc3)c2-c2ccncc2)CC1. The molecule has 0 atom stereocenters. The number of urea groups is 1. The summed E-state index contributed by atoms with van der Waals surface area (Å²) in [7, 11) is 0. The number of carbonyl (C=O) groups excluding carboxylic acids is 1. The van der Waals surface area contributed by atoms with E-state index in [4.69, 9.17) is 5.73 Å². The van der Waals surface area contributed by atoms with Gasteiger partial charge in [-0.3, -0.25) is 10.1 Å². The maximum absolute atomic E-state index is 13.3. The molecule has 0 radical (unpaired) electrons. The lowest BCUT2D eigenvalue weighted by Gasteiger charge is -2.34. The van der Waals surface area contributed by atoms with Gasteiger partial charge in [0.2, 0.25) is 0 Å². The number of benzene rings is 1. The van der Waals surface area contributed by atoms with Crippen molar-refractivity contribution < 1.29 is 9.18 Å². The molecule has 3 N–H and O–H groups in total. The number of aromatic amines is 1. The van der Waals surface area contributed by atoms with Gasteiger partial charge in [0.25, 0.3) is 0 Å². The van der Waals surface area contributed by atoms with Gasteiger partial charge in [-0.15, -0.1) is 0 Å². The quantitative estimate of drug-likeness (QED) is 0.745. The van der Waals surface area contributed by atoms with Crippen molar-refractivity contribution in [1.82, 2.24) is 20.1 Å². The van der Waals surface area contributed by atoms with Crippen LogP contribution >= 0.6 is 0 Å². The maximum atomic E-state index is 13.3. The molecule has 0 aliphatic carbocycles. The fourth-order valence-corrected chi connectivity index (χ4v) is 3.32. The number of rotatable bonds is 3. The van der Waals surface area contributed by atoms with Crippen LogP contribution in [0.5, 0.6) is 0 Å². The number of amides is 2. The molecule has 3 aromatic rings. The molecular weight excluding hydrogens is 347 g/mol. The maximum Gasteiger partial charge on any atom is 0.314 e. The molecule has 27 heavy (non-hydrogen) atoms. The average Bonchev–Trinajstić information content (AvgIpc) is 3.14. The van der Waals surface area contributed by atoms with Crippen molar-refractivity contribution in [2.75, 3.05) is 31.1 Å². The Kier molecular flexibility index (Phi) is 4.45. The Morgan fingerprint density at radius 2 is 1.67 bits per heavy atom. The third-order valence-electron chi connectivity index (χ3n) is 4.74. The first-order valence-electron chi connectivity index (χ1n) is 8.67. The summed E-state index contributed by atoms with van der Waals surface area (Å²) >= 11 is 0. The monoisotopic (exact) mass is 366 g/mol. The van der Waals surface area contributed by atoms with Crippen molar-refractivity contribution in [2.45, 2.75) is 0 Å². The van der Waals surface area contributed by atoms with E-state index in [0.717, 1.165) is 28.2 Å². The van der Waals surface area contributed by atoms with Gasteiger partial charge in [0.15, 0.2) is 5.82 Å². The van der Waals surface area contributed by atoms with E-state index in [0.29, 0.717) is 26.2 Å². The normalized spacial score (nSPS) is 14.4. The lowest BCUT2D eigenvalue weighted by Crippen LogP contribution is -2.50. The van der Waals surface area contributed by atoms with Gasteiger partial charge < -0.3 is 15.5 Å². The molecule has 0 unspecified atom stereocenters. The molecule has 138 valence electrons. The van der Waals surface area contributed by atoms with Gasteiger partial charge in [0.05, 0.1) is 11.3 Å². The van der Waals surface area contributed by atoms with Crippen LogP contribution in [0.25, 0.3) is 22.4 Å². The first kappa shape index (κ1) is 17.0. The second kappa shape index (κ2) is 7.06. The van der Waals surface area contributed by atoms with Crippen LogP contribution in [0.15, 0.2) is 48.8 Å². The summed E-state index contributed by atoms with van der Waals surface area (Å²) in [5, 5.41) is 7.64. The van der Waals surface area contributed by atoms with Gasteiger partial charge in [-0.1, -0.05) is 0 Å². The molecule has 1 aliphatic rings. The van der Waals surface area contributed by atoms with Crippen molar-refractivity contribution in [2.24, 2.45) is 5.73 Å². The zero-order chi connectivity index (χ0) is 18.8. The molecule has 0 saturated carbocycles. The van der Waals surface area contributed by atoms with Crippen LogP contribution in [-0.4, -0.2) is 52.3 Å². The summed E-state index contributed by atoms with van der Waals surface area (Å²) in [4.78, 5) is 19.2. The van der Waals surface area contributed by atoms with Crippen LogP contribution in [0.4, 0.5) is 15.0 Å². The van der Waals surface area contributed by atoms with Gasteiger partial charge in [-0.25, -0.2) is 9.18 Å². The first-order chi connectivity index (χ1) is 13.1. The molecule has 1 aliphatic heterocycles. The van der Waals surface area contributed by atoms with Crippen molar-refractivity contribution >= 4 is 11.8 Å². The number of anilines is 1. The molecule has 7 nitrogen and oxygen atoms in total. The second-order valence-corrected chi connectivity index (χ2v) is 6.35. The Bertz CT molecular complexity index is 933. The Labute approximate surface area is 155 Å². The zero-order valence-corrected chi connectivity index (χ0v) is 14.6. The van der Waals surface area contributed by atoms with Crippen LogP contribution in [-0.2, 0) is 0 Å². The number of carbonyl (C=O) groups is 1. The molecule has 2 amide bonds. The topological polar surface area (TPSA) is 91.1 Å². The van der Waals surface area contributed by atoms with E-state index >= 15 is 0 Å². The van der Waals surface area contributed by atoms with E-state index in [2.05, 4.69) is 20.1 Å². The van der Waals surface area contributed by atoms with Crippen molar-refractivity contribution in [1.29, 1.82) is 0 Å². The summed E-state index contributed by atoms with van der Waals surface area (Å²) in [6.45, 7) is 2.36. The van der Waals surface area contributed by atoms with E-state index in [1.54, 1.807) is 29.4 Å². The highest BCUT2D eigenvalue weighted by atomic mass is 19.1. The van der Waals surface area contributed by atoms with Crippen LogP contribution < -0.4 is 10.6 Å². The molecule has 1 saturated heterocycles. The number of nitrogens with one attached hydrogen (secondary N) is 1. The van der Waals surface area contributed by atoms with Crippen molar-refractivity contribution in [3.8, 4) is 22.4 Å². The minimum absolute atomic E-state index is 0.286. The summed E-state index contributed by atoms with van der Waals surface area (Å²) in [5.41, 5.74) is 8.92. The number of hydrogen-bond donors (Lipinski definition) is 2. The number of H-pyrrole nitrogens is 1. The fraction of sp³-hybridized carbons (Fsp3) is 0.211. The molecule has 1 fully saturated rings. The molecule has 4 rings (SSSR count). The molecule has 0 bridgehead atoms. The zero-order valence-electron chi connectivity index (χ0n) is 14.6. The molecule has 1 aromatic carbocycles. The van der Waals surface area contributed by atoms with E-state index < -0.39 is 6.03 Å². The smallest absolute Gasteiger partial charge is 0.314 e. The summed E-state index contributed by atoms with van der Waals surface area (Å²) in [6.07, 6.45) is 3.46. The Balaban J connectivity index is 1.74. The minimum atomic E-state index is -0.405. The molecular formula is C19H19FN6O. The Morgan fingerprint density at radius 1 is 1.00 bits per heavy atom. The summed E-state index contributed by atoms with van der Waals surface area (Å²) < 4.78 is 13.3. The third kappa shape index (κ3) is 3.33. The van der Waals surface area contributed by atoms with Crippen molar-refractivity contribution in [3.05, 3.63) is 54.6 Å². The van der Waals surface area contributed by atoms with E-state index in [1.807, 2.05) is 12.1 Å². The third-order valence-corrected chi connectivity index (χ3v) is 4.74.